The number of nitrogens with one attached hydrogen (secondary N) is 1. The van der Waals surface area contributed by atoms with Gasteiger partial charge in [0.15, 0.2) is 0 Å². The topological polar surface area (TPSA) is 205 Å². The number of carbonyl (C=O) groups excluding carboxylic acids is 2. The summed E-state index contributed by atoms with van der Waals surface area (Å²) in [6.07, 6.45) is 17.3. The van der Waals surface area contributed by atoms with E-state index in [1.54, 1.807) is 42.1 Å². The van der Waals surface area contributed by atoms with Crippen molar-refractivity contribution in [3.63, 3.8) is 0 Å². The van der Waals surface area contributed by atoms with Crippen LogP contribution in [0, 0.1) is 0 Å². The zero-order valence-electron chi connectivity index (χ0n) is 55.2. The van der Waals surface area contributed by atoms with Crippen molar-refractivity contribution in [3.05, 3.63) is 200 Å². The van der Waals surface area contributed by atoms with Crippen LogP contribution in [-0.4, -0.2) is 126 Å². The van der Waals surface area contributed by atoms with Gasteiger partial charge >= 0.3 is 23.6 Å². The van der Waals surface area contributed by atoms with E-state index in [4.69, 9.17) is 53.7 Å². The number of aromatic nitrogens is 8. The third-order valence-corrected chi connectivity index (χ3v) is 23.8. The first kappa shape index (κ1) is 69.9. The zero-order chi connectivity index (χ0) is 67.4. The van der Waals surface area contributed by atoms with E-state index in [9.17, 15) is 24.3 Å². The highest BCUT2D eigenvalue weighted by Gasteiger charge is 2.50. The maximum Gasteiger partial charge on any atom is 0.410 e. The molecule has 0 bridgehead atoms. The number of unbranched alkanes of at least 4 members (excludes halogenated alkanes) is 2. The second kappa shape index (κ2) is 31.3. The number of carbonyl (C=O) groups is 2. The van der Waals surface area contributed by atoms with Crippen LogP contribution in [0.5, 0.6) is 0 Å². The van der Waals surface area contributed by atoms with Crippen molar-refractivity contribution in [2.24, 2.45) is 0 Å². The molecule has 2 saturated heterocycles. The van der Waals surface area contributed by atoms with Gasteiger partial charge in [0.2, 0.25) is 0 Å². The average Bonchev–Trinajstić information content (AvgIpc) is 1.73. The molecule has 500 valence electrons. The highest BCUT2D eigenvalue weighted by molar-refractivity contribution is 6.99. The number of halogens is 3. The van der Waals surface area contributed by atoms with Crippen LogP contribution >= 0.6 is 34.8 Å². The number of likely N-dealkylation sites (tertiary alicyclic amines) is 2. The number of hydrogen-bond acceptors (Lipinski definition) is 12. The Morgan fingerprint density at radius 1 is 0.621 bits per heavy atom. The maximum atomic E-state index is 13.9. The Bertz CT molecular complexity index is 4340. The van der Waals surface area contributed by atoms with Crippen molar-refractivity contribution in [1.29, 1.82) is 0 Å². The number of aliphatic hydroxyl groups is 1. The van der Waals surface area contributed by atoms with Gasteiger partial charge in [-0.05, 0) is 122 Å². The molecule has 0 unspecified atom stereocenters. The Kier molecular flexibility index (Phi) is 23.0. The van der Waals surface area contributed by atoms with Crippen molar-refractivity contribution < 1.29 is 28.6 Å². The minimum atomic E-state index is -2.47. The number of methoxy groups -OCH3 is 1. The minimum absolute atomic E-state index is 0.00104. The van der Waals surface area contributed by atoms with E-state index in [0.717, 1.165) is 66.4 Å². The summed E-state index contributed by atoms with van der Waals surface area (Å²) in [6, 6.07) is 38.1. The van der Waals surface area contributed by atoms with E-state index < -0.39 is 13.9 Å². The molecule has 10 aromatic rings. The number of nitrogens with zero attached hydrogens (tertiary/aromatic N) is 9. The van der Waals surface area contributed by atoms with Gasteiger partial charge in [-0.1, -0.05) is 153 Å². The fraction of sp³-hybridized carbons (Fsp3) is 0.397. The molecule has 0 spiro atoms. The molecule has 6 aromatic heterocycles. The highest BCUT2D eigenvalue weighted by Crippen LogP contribution is 2.38. The van der Waals surface area contributed by atoms with Crippen LogP contribution in [0.3, 0.4) is 0 Å². The number of amides is 2. The average molecular weight is 1360 g/mol. The van der Waals surface area contributed by atoms with Crippen LogP contribution < -0.4 is 21.8 Å². The smallest absolute Gasteiger partial charge is 0.410 e. The Balaban J connectivity index is 0.000000159. The van der Waals surface area contributed by atoms with E-state index >= 15 is 0 Å². The lowest BCUT2D eigenvalue weighted by Crippen LogP contribution is -2.66. The number of fused-ring (bicyclic) bond motifs is 4. The second-order valence-electron chi connectivity index (χ2n) is 26.3. The number of aromatic amines is 1. The van der Waals surface area contributed by atoms with Crippen molar-refractivity contribution >= 4 is 109 Å². The monoisotopic (exact) mass is 1360 g/mol. The molecular formula is C73H85Cl3N10O8Si. The summed E-state index contributed by atoms with van der Waals surface area (Å²) >= 11 is 19.1. The predicted octanol–water partition coefficient (Wildman–Crippen LogP) is 14.0. The fourth-order valence-electron chi connectivity index (χ4n) is 13.4. The van der Waals surface area contributed by atoms with Crippen molar-refractivity contribution in [3.8, 4) is 0 Å². The molecule has 4 aromatic carbocycles. The molecule has 0 aliphatic carbocycles. The lowest BCUT2D eigenvalue weighted by atomic mass is 9.99. The van der Waals surface area contributed by atoms with Gasteiger partial charge in [0.25, 0.3) is 8.32 Å². The summed E-state index contributed by atoms with van der Waals surface area (Å²) < 4.78 is 22.5. The molecule has 2 aliphatic heterocycles. The molecule has 22 heteroatoms. The Hall–Kier alpha value is -7.91. The van der Waals surface area contributed by atoms with Crippen LogP contribution in [0.25, 0.3) is 43.6 Å². The van der Waals surface area contributed by atoms with Gasteiger partial charge in [-0.25, -0.2) is 19.2 Å². The highest BCUT2D eigenvalue weighted by atomic mass is 35.5. The molecule has 0 atom stereocenters. The third kappa shape index (κ3) is 15.8. The fourth-order valence-corrected chi connectivity index (χ4v) is 18.8. The number of aryl methyl sites for hydroxylation is 2. The number of hydrogen-bond donors (Lipinski definition) is 2. The Morgan fingerprint density at radius 3 is 1.67 bits per heavy atom. The first-order chi connectivity index (χ1) is 45.8. The second-order valence-corrected chi connectivity index (χ2v) is 31.6. The van der Waals surface area contributed by atoms with E-state index in [1.165, 1.54) is 40.0 Å². The standard InChI is InChI=1S/C30H34ClNOSi.C27H30ClN5O4.C16H21ClN4O3/c1-30(2,3)34(25-15-6-4-7-16-25,26-17-8-5-9-18-26)33-21-13-12-20-28-27-19-11-10-14-24(27)23-32-29(28)22-31;1-37-27(36)31-11-9-19(10-12-31)33-25-22(28)15-29-16-24(25)32(26(33)35)17-23-21(8-4-5-13-34)20-7-3-2-6-18(20)14-30-23;1-16(2,3)24-15(23)20-6-4-10(5-7-20)21-13-11(17)8-18-9-12(13)19-14(21)22/h4-11,14-19,23H,12-13,20-22H2,1-3H3;2-3,6-7,14-16,19,34H,4-5,8-13,17H2,1H3;8-10H,4-7H2,1-3H3,(H,19,22). The Labute approximate surface area is 570 Å². The number of ether oxygens (including phenoxy) is 2. The van der Waals surface area contributed by atoms with E-state index in [0.29, 0.717) is 96.3 Å². The minimum Gasteiger partial charge on any atom is -0.453 e. The Morgan fingerprint density at radius 2 is 1.13 bits per heavy atom. The molecule has 0 radical (unpaired) electrons. The molecule has 95 heavy (non-hydrogen) atoms. The quantitative estimate of drug-likeness (QED) is 0.0496. The summed E-state index contributed by atoms with van der Waals surface area (Å²) in [4.78, 5) is 74.1. The van der Waals surface area contributed by atoms with Crippen LogP contribution in [-0.2, 0) is 39.2 Å². The van der Waals surface area contributed by atoms with Gasteiger partial charge in [0.1, 0.15) is 5.60 Å². The van der Waals surface area contributed by atoms with Crippen molar-refractivity contribution in [1.82, 2.24) is 48.4 Å². The summed E-state index contributed by atoms with van der Waals surface area (Å²) in [5.74, 6) is 0.443. The number of pyridine rings is 4. The number of alkyl halides is 1. The zero-order valence-corrected chi connectivity index (χ0v) is 58.5. The number of rotatable bonds is 17. The summed E-state index contributed by atoms with van der Waals surface area (Å²) in [5.41, 5.74) is 5.90. The maximum absolute atomic E-state index is 13.9. The van der Waals surface area contributed by atoms with Crippen molar-refractivity contribution in [2.45, 2.75) is 141 Å². The van der Waals surface area contributed by atoms with Crippen molar-refractivity contribution in [2.75, 3.05) is 46.5 Å². The SMILES string of the molecule is CC(C)(C)OC(=O)N1CCC(n2c(=O)[nH]c3cncc(Cl)c32)CC1.CC(C)(C)[Si](OCCCCc1c(CCl)ncc2ccccc12)(c1ccccc1)c1ccccc1.COC(=O)N1CCC(n2c(=O)n(Cc3ncc4ccccc4c3CCCCO)c3cncc(Cl)c32)CC1. The number of H-pyrrole nitrogens is 1. The molecule has 2 aliphatic rings. The first-order valence-corrected chi connectivity index (χ1v) is 35.9. The molecule has 2 amide bonds. The summed E-state index contributed by atoms with van der Waals surface area (Å²) in [5, 5.41) is 17.4. The van der Waals surface area contributed by atoms with Gasteiger partial charge in [-0.2, -0.15) is 0 Å². The van der Waals surface area contributed by atoms with Gasteiger partial charge in [0.05, 0.1) is 75.4 Å². The number of benzene rings is 4. The first-order valence-electron chi connectivity index (χ1n) is 32.7. The third-order valence-electron chi connectivity index (χ3n) is 18.0. The summed E-state index contributed by atoms with van der Waals surface area (Å²) in [6.45, 7) is 15.8. The molecule has 12 rings (SSSR count). The van der Waals surface area contributed by atoms with Crippen LogP contribution in [0.4, 0.5) is 9.59 Å². The molecule has 2 N–H and O–H groups in total. The molecule has 2 fully saturated rings. The lowest BCUT2D eigenvalue weighted by molar-refractivity contribution is 0.0188. The normalized spacial score (nSPS) is 14.2. The van der Waals surface area contributed by atoms with Gasteiger partial charge in [-0.3, -0.25) is 33.6 Å². The lowest BCUT2D eigenvalue weighted by Gasteiger charge is -2.43. The largest absolute Gasteiger partial charge is 0.453 e. The van der Waals surface area contributed by atoms with Crippen LogP contribution in [0.2, 0.25) is 15.1 Å². The number of imidazole rings is 2. The van der Waals surface area contributed by atoms with E-state index in [2.05, 4.69) is 132 Å². The van der Waals surface area contributed by atoms with E-state index in [1.807, 2.05) is 51.4 Å². The molecule has 8 heterocycles. The van der Waals surface area contributed by atoms with Gasteiger partial charge in [0, 0.05) is 87.0 Å². The number of aliphatic hydroxyl groups excluding tert-OH is 1. The van der Waals surface area contributed by atoms with Crippen LogP contribution in [0.1, 0.15) is 128 Å². The van der Waals surface area contributed by atoms with Gasteiger partial charge < -0.3 is 33.8 Å². The molecule has 18 nitrogen and oxygen atoms in total. The van der Waals surface area contributed by atoms with E-state index in [-0.39, 0.29) is 53.8 Å². The number of piperidine rings is 2. The molecule has 0 saturated carbocycles. The predicted molar refractivity (Wildman–Crippen MR) is 381 cm³/mol. The van der Waals surface area contributed by atoms with Gasteiger partial charge in [-0.15, -0.1) is 11.6 Å². The van der Waals surface area contributed by atoms with Crippen LogP contribution in [0.15, 0.2) is 156 Å². The summed E-state index contributed by atoms with van der Waals surface area (Å²) in [7, 11) is -1.10. The molecular weight excluding hydrogens is 1280 g/mol.